The van der Waals surface area contributed by atoms with Crippen molar-refractivity contribution in [2.45, 2.75) is 54.1 Å². The van der Waals surface area contributed by atoms with Crippen LogP contribution in [0.3, 0.4) is 0 Å². The second-order valence-corrected chi connectivity index (χ2v) is 5.13. The van der Waals surface area contributed by atoms with Crippen LogP contribution in [-0.4, -0.2) is 11.3 Å². The molecule has 0 spiro atoms. The van der Waals surface area contributed by atoms with Gasteiger partial charge in [0.15, 0.2) is 0 Å². The van der Waals surface area contributed by atoms with E-state index < -0.39 is 0 Å². The van der Waals surface area contributed by atoms with Crippen LogP contribution < -0.4 is 0 Å². The largest absolute Gasteiger partial charge is 0.390 e. The molecule has 0 aliphatic heterocycles. The first kappa shape index (κ1) is 11.5. The maximum Gasteiger partial charge on any atom is 0.129 e. The lowest BCUT2D eigenvalue weighted by Gasteiger charge is -2.21. The number of oxime groups is 1. The van der Waals surface area contributed by atoms with Crippen molar-refractivity contribution in [3.8, 4) is 0 Å². The van der Waals surface area contributed by atoms with Crippen LogP contribution in [0.15, 0.2) is 5.16 Å². The van der Waals surface area contributed by atoms with Crippen molar-refractivity contribution >= 4 is 5.71 Å². The molecule has 0 aromatic carbocycles. The minimum Gasteiger partial charge on any atom is -0.390 e. The summed E-state index contributed by atoms with van der Waals surface area (Å²) >= 11 is 0. The zero-order valence-corrected chi connectivity index (χ0v) is 9.36. The smallest absolute Gasteiger partial charge is 0.129 e. The van der Waals surface area contributed by atoms with E-state index in [1.54, 1.807) is 0 Å². The van der Waals surface area contributed by atoms with Crippen LogP contribution in [0.5, 0.6) is 0 Å². The fourth-order valence-electron chi connectivity index (χ4n) is 0.342. The van der Waals surface area contributed by atoms with Crippen LogP contribution in [0.25, 0.3) is 0 Å². The lowest BCUT2D eigenvalue weighted by molar-refractivity contribution is -0.000550. The molecule has 2 heteroatoms. The van der Waals surface area contributed by atoms with E-state index in [1.807, 2.05) is 27.7 Å². The molecular formula is C10H21NO. The summed E-state index contributed by atoms with van der Waals surface area (Å²) in [5.41, 5.74) is 0.940. The summed E-state index contributed by atoms with van der Waals surface area (Å²) in [4.78, 5) is 5.31. The SMILES string of the molecule is CC(=NOC(C)(C)C)C(C)(C)C. The molecular weight excluding hydrogens is 150 g/mol. The second kappa shape index (κ2) is 3.46. The molecule has 0 atom stereocenters. The van der Waals surface area contributed by atoms with Gasteiger partial charge >= 0.3 is 0 Å². The molecule has 0 saturated heterocycles. The van der Waals surface area contributed by atoms with Crippen molar-refractivity contribution in [1.82, 2.24) is 0 Å². The Kier molecular flexibility index (Phi) is 3.31. The average molecular weight is 171 g/mol. The molecule has 0 aliphatic rings. The molecule has 2 nitrogen and oxygen atoms in total. The van der Waals surface area contributed by atoms with Crippen LogP contribution in [0, 0.1) is 5.41 Å². The van der Waals surface area contributed by atoms with Gasteiger partial charge in [-0.05, 0) is 27.7 Å². The van der Waals surface area contributed by atoms with Gasteiger partial charge in [0.25, 0.3) is 0 Å². The normalized spacial score (nSPS) is 14.8. The molecule has 72 valence electrons. The van der Waals surface area contributed by atoms with E-state index in [0.29, 0.717) is 0 Å². The fraction of sp³-hybridized carbons (Fsp3) is 0.900. The summed E-state index contributed by atoms with van der Waals surface area (Å²) in [6, 6.07) is 0. The first-order valence-electron chi connectivity index (χ1n) is 4.36. The second-order valence-electron chi connectivity index (χ2n) is 5.13. The molecule has 0 rings (SSSR count). The number of hydrogen-bond acceptors (Lipinski definition) is 2. The van der Waals surface area contributed by atoms with E-state index in [4.69, 9.17) is 4.84 Å². The van der Waals surface area contributed by atoms with Crippen molar-refractivity contribution in [3.05, 3.63) is 0 Å². The molecule has 0 aliphatic carbocycles. The van der Waals surface area contributed by atoms with Gasteiger partial charge in [0, 0.05) is 5.41 Å². The summed E-state index contributed by atoms with van der Waals surface area (Å²) in [5.74, 6) is 0. The van der Waals surface area contributed by atoms with Gasteiger partial charge in [0.1, 0.15) is 5.60 Å². The summed E-state index contributed by atoms with van der Waals surface area (Å²) in [5, 5.41) is 4.08. The predicted octanol–water partition coefficient (Wildman–Crippen LogP) is 3.22. The van der Waals surface area contributed by atoms with E-state index >= 15 is 0 Å². The molecule has 0 N–H and O–H groups in total. The van der Waals surface area contributed by atoms with Crippen molar-refractivity contribution in [1.29, 1.82) is 0 Å². The average Bonchev–Trinajstić information content (AvgIpc) is 1.78. The summed E-state index contributed by atoms with van der Waals surface area (Å²) in [7, 11) is 0. The standard InChI is InChI=1S/C10H21NO/c1-8(9(2,3)4)11-12-10(5,6)7/h1-7H3. The van der Waals surface area contributed by atoms with Gasteiger partial charge < -0.3 is 4.84 Å². The van der Waals surface area contributed by atoms with Crippen LogP contribution in [-0.2, 0) is 4.84 Å². The van der Waals surface area contributed by atoms with Crippen molar-refractivity contribution in [2.75, 3.05) is 0 Å². The maximum atomic E-state index is 5.31. The zero-order valence-electron chi connectivity index (χ0n) is 9.36. The number of nitrogens with zero attached hydrogens (tertiary/aromatic N) is 1. The third kappa shape index (κ3) is 5.16. The first-order valence-corrected chi connectivity index (χ1v) is 4.36. The highest BCUT2D eigenvalue weighted by atomic mass is 16.6. The first-order chi connectivity index (χ1) is 5.13. The Bertz CT molecular complexity index is 169. The molecule has 0 fully saturated rings. The van der Waals surface area contributed by atoms with E-state index in [9.17, 15) is 0 Å². The highest BCUT2D eigenvalue weighted by Gasteiger charge is 2.17. The molecule has 0 radical (unpaired) electrons. The van der Waals surface area contributed by atoms with E-state index in [0.717, 1.165) is 5.71 Å². The number of rotatable bonds is 1. The molecule has 12 heavy (non-hydrogen) atoms. The Morgan fingerprint density at radius 3 is 1.67 bits per heavy atom. The fourth-order valence-corrected chi connectivity index (χ4v) is 0.342. The molecule has 0 saturated carbocycles. The van der Waals surface area contributed by atoms with Crippen molar-refractivity contribution < 1.29 is 4.84 Å². The summed E-state index contributed by atoms with van der Waals surface area (Å²) in [6.07, 6.45) is 0. The van der Waals surface area contributed by atoms with Crippen LogP contribution in [0.2, 0.25) is 0 Å². The quantitative estimate of drug-likeness (QED) is 0.438. The monoisotopic (exact) mass is 171 g/mol. The van der Waals surface area contributed by atoms with Crippen LogP contribution >= 0.6 is 0 Å². The highest BCUT2D eigenvalue weighted by Crippen LogP contribution is 2.17. The lowest BCUT2D eigenvalue weighted by Crippen LogP contribution is -2.21. The van der Waals surface area contributed by atoms with Crippen LogP contribution in [0.1, 0.15) is 48.5 Å². The number of hydrogen-bond donors (Lipinski definition) is 0. The minimum absolute atomic E-state index is 0.102. The predicted molar refractivity (Wildman–Crippen MR) is 53.4 cm³/mol. The van der Waals surface area contributed by atoms with Crippen LogP contribution in [0.4, 0.5) is 0 Å². The summed E-state index contributed by atoms with van der Waals surface area (Å²) < 4.78 is 0. The lowest BCUT2D eigenvalue weighted by atomic mass is 9.91. The van der Waals surface area contributed by atoms with E-state index in [1.165, 1.54) is 0 Å². The topological polar surface area (TPSA) is 21.6 Å². The van der Waals surface area contributed by atoms with Gasteiger partial charge in [-0.3, -0.25) is 0 Å². The third-order valence-electron chi connectivity index (χ3n) is 1.54. The van der Waals surface area contributed by atoms with Gasteiger partial charge in [-0.15, -0.1) is 0 Å². The van der Waals surface area contributed by atoms with E-state index in [-0.39, 0.29) is 11.0 Å². The van der Waals surface area contributed by atoms with Crippen molar-refractivity contribution in [2.24, 2.45) is 10.6 Å². The van der Waals surface area contributed by atoms with E-state index in [2.05, 4.69) is 25.9 Å². The molecule has 0 aromatic rings. The van der Waals surface area contributed by atoms with Gasteiger partial charge in [-0.2, -0.15) is 0 Å². The highest BCUT2D eigenvalue weighted by molar-refractivity contribution is 5.86. The Hall–Kier alpha value is -0.530. The Morgan fingerprint density at radius 2 is 1.42 bits per heavy atom. The minimum atomic E-state index is -0.188. The molecule has 0 heterocycles. The van der Waals surface area contributed by atoms with Gasteiger partial charge in [0.2, 0.25) is 0 Å². The van der Waals surface area contributed by atoms with Crippen molar-refractivity contribution in [3.63, 3.8) is 0 Å². The molecule has 0 bridgehead atoms. The third-order valence-corrected chi connectivity index (χ3v) is 1.54. The Balaban J connectivity index is 4.21. The Labute approximate surface area is 76.0 Å². The molecule has 0 unspecified atom stereocenters. The van der Waals surface area contributed by atoms with Gasteiger partial charge in [-0.1, -0.05) is 25.9 Å². The molecule has 0 amide bonds. The van der Waals surface area contributed by atoms with Gasteiger partial charge in [-0.25, -0.2) is 0 Å². The molecule has 0 aromatic heterocycles. The van der Waals surface area contributed by atoms with Gasteiger partial charge in [0.05, 0.1) is 5.71 Å². The Morgan fingerprint density at radius 1 is 1.00 bits per heavy atom. The zero-order chi connectivity index (χ0) is 9.99. The maximum absolute atomic E-state index is 5.31. The summed E-state index contributed by atoms with van der Waals surface area (Å²) in [6.45, 7) is 14.3.